The molecule has 6 rings (SSSR count). The van der Waals surface area contributed by atoms with Crippen molar-refractivity contribution in [1.82, 2.24) is 20.2 Å². The predicted molar refractivity (Wildman–Crippen MR) is 140 cm³/mol. The molecule has 6 nitrogen and oxygen atoms in total. The minimum atomic E-state index is -0.756. The molecule has 1 saturated carbocycles. The second kappa shape index (κ2) is 9.02. The van der Waals surface area contributed by atoms with E-state index in [1.54, 1.807) is 18.3 Å². The van der Waals surface area contributed by atoms with Gasteiger partial charge in [-0.1, -0.05) is 18.7 Å². The van der Waals surface area contributed by atoms with E-state index >= 15 is 0 Å². The first-order valence-electron chi connectivity index (χ1n) is 12.3. The lowest BCUT2D eigenvalue weighted by Crippen LogP contribution is -2.47. The number of hydrogen-bond acceptors (Lipinski definition) is 6. The first-order chi connectivity index (χ1) is 17.5. The number of nitrogens with zero attached hydrogens (tertiary/aromatic N) is 4. The molecule has 8 heteroatoms. The molecule has 2 aliphatic heterocycles. The number of aromatic nitrogens is 2. The van der Waals surface area contributed by atoms with Crippen LogP contribution in [0.15, 0.2) is 49.2 Å². The standard InChI is InChI=1S/C28H28F2N6/c1-17-24-20(8-9-32-17)14-21(15-23(24)29)26-28(31)34-27(30)25(33-26)19-4-6-22(7-5-19)36-12-10-35(11-13-36)16-18-2-3-18/h4-9,14-15,18,32H,1-3,10-13,16H2,(H2,31,34). The van der Waals surface area contributed by atoms with Crippen molar-refractivity contribution < 1.29 is 8.78 Å². The topological polar surface area (TPSA) is 70.3 Å². The third-order valence-electron chi connectivity index (χ3n) is 7.19. The van der Waals surface area contributed by atoms with Crippen molar-refractivity contribution in [1.29, 1.82) is 0 Å². The van der Waals surface area contributed by atoms with Gasteiger partial charge in [-0.2, -0.15) is 9.37 Å². The fourth-order valence-electron chi connectivity index (χ4n) is 5.03. The number of nitrogen functional groups attached to an aromatic ring is 1. The molecular weight excluding hydrogens is 458 g/mol. The lowest BCUT2D eigenvalue weighted by molar-refractivity contribution is 0.248. The number of halogens is 2. The highest BCUT2D eigenvalue weighted by molar-refractivity contribution is 5.82. The van der Waals surface area contributed by atoms with E-state index in [-0.39, 0.29) is 17.2 Å². The van der Waals surface area contributed by atoms with Gasteiger partial charge in [0.2, 0.25) is 5.95 Å². The maximum atomic E-state index is 14.9. The van der Waals surface area contributed by atoms with Gasteiger partial charge in [0.15, 0.2) is 5.82 Å². The number of piperazine rings is 1. The summed E-state index contributed by atoms with van der Waals surface area (Å²) in [6.45, 7) is 9.16. The van der Waals surface area contributed by atoms with E-state index in [0.717, 1.165) is 37.8 Å². The van der Waals surface area contributed by atoms with Crippen molar-refractivity contribution >= 4 is 23.3 Å². The van der Waals surface area contributed by atoms with Crippen molar-refractivity contribution in [2.24, 2.45) is 5.92 Å². The Bertz CT molecular complexity index is 1360. The van der Waals surface area contributed by atoms with Crippen LogP contribution in [0.25, 0.3) is 34.3 Å². The van der Waals surface area contributed by atoms with Crippen molar-refractivity contribution in [3.63, 3.8) is 0 Å². The van der Waals surface area contributed by atoms with Gasteiger partial charge >= 0.3 is 0 Å². The van der Waals surface area contributed by atoms with E-state index in [1.807, 2.05) is 24.3 Å². The van der Waals surface area contributed by atoms with Crippen LogP contribution >= 0.6 is 0 Å². The van der Waals surface area contributed by atoms with Crippen LogP contribution in [0.4, 0.5) is 20.3 Å². The van der Waals surface area contributed by atoms with Gasteiger partial charge in [-0.15, -0.1) is 0 Å². The van der Waals surface area contributed by atoms with Gasteiger partial charge in [0, 0.05) is 67.0 Å². The largest absolute Gasteiger partial charge is 0.382 e. The Labute approximate surface area is 209 Å². The number of anilines is 2. The Morgan fingerprint density at radius 3 is 2.44 bits per heavy atom. The summed E-state index contributed by atoms with van der Waals surface area (Å²) in [6, 6.07) is 10.8. The molecule has 0 spiro atoms. The highest BCUT2D eigenvalue weighted by atomic mass is 19.1. The zero-order chi connectivity index (χ0) is 24.8. The van der Waals surface area contributed by atoms with Gasteiger partial charge in [-0.05, 0) is 54.7 Å². The van der Waals surface area contributed by atoms with Crippen LogP contribution in [-0.2, 0) is 0 Å². The van der Waals surface area contributed by atoms with Gasteiger partial charge in [0.1, 0.15) is 17.2 Å². The van der Waals surface area contributed by atoms with Gasteiger partial charge in [-0.3, -0.25) is 4.90 Å². The molecule has 0 atom stereocenters. The predicted octanol–water partition coefficient (Wildman–Crippen LogP) is 4.75. The van der Waals surface area contributed by atoms with Gasteiger partial charge in [0.05, 0.1) is 0 Å². The van der Waals surface area contributed by atoms with E-state index in [9.17, 15) is 8.78 Å². The van der Waals surface area contributed by atoms with Crippen LogP contribution in [0.2, 0.25) is 0 Å². The highest BCUT2D eigenvalue weighted by Crippen LogP contribution is 2.34. The lowest BCUT2D eigenvalue weighted by atomic mass is 9.97. The molecule has 36 heavy (non-hydrogen) atoms. The van der Waals surface area contributed by atoms with Gasteiger partial charge in [0.25, 0.3) is 0 Å². The van der Waals surface area contributed by atoms with Crippen LogP contribution in [0.3, 0.4) is 0 Å². The Kier molecular flexibility index (Phi) is 5.68. The van der Waals surface area contributed by atoms with Crippen LogP contribution in [0, 0.1) is 17.7 Å². The minimum Gasteiger partial charge on any atom is -0.382 e. The minimum absolute atomic E-state index is 0.0831. The summed E-state index contributed by atoms with van der Waals surface area (Å²) < 4.78 is 29.8. The normalized spacial score (nSPS) is 17.7. The quantitative estimate of drug-likeness (QED) is 0.543. The zero-order valence-corrected chi connectivity index (χ0v) is 20.0. The molecular formula is C28H28F2N6. The molecule has 3 heterocycles. The number of nitrogens with one attached hydrogen (secondary N) is 1. The fourth-order valence-corrected chi connectivity index (χ4v) is 5.03. The Hall–Kier alpha value is -3.78. The molecule has 2 aromatic carbocycles. The average Bonchev–Trinajstić information content (AvgIpc) is 3.69. The zero-order valence-electron chi connectivity index (χ0n) is 20.0. The maximum absolute atomic E-state index is 14.9. The van der Waals surface area contributed by atoms with E-state index in [0.29, 0.717) is 28.0 Å². The number of rotatable bonds is 5. The average molecular weight is 487 g/mol. The van der Waals surface area contributed by atoms with Crippen molar-refractivity contribution in [3.8, 4) is 22.5 Å². The van der Waals surface area contributed by atoms with Crippen LogP contribution < -0.4 is 16.0 Å². The lowest BCUT2D eigenvalue weighted by Gasteiger charge is -2.36. The Morgan fingerprint density at radius 2 is 1.72 bits per heavy atom. The number of nitrogens with two attached hydrogens (primary N) is 1. The fraction of sp³-hybridized carbons (Fsp3) is 0.286. The van der Waals surface area contributed by atoms with Crippen LogP contribution in [-0.4, -0.2) is 47.6 Å². The van der Waals surface area contributed by atoms with Crippen molar-refractivity contribution in [2.45, 2.75) is 12.8 Å². The van der Waals surface area contributed by atoms with Crippen molar-refractivity contribution in [2.75, 3.05) is 43.4 Å². The molecule has 0 unspecified atom stereocenters. The first kappa shape index (κ1) is 22.7. The summed E-state index contributed by atoms with van der Waals surface area (Å²) >= 11 is 0. The van der Waals surface area contributed by atoms with Gasteiger partial charge in [-0.25, -0.2) is 9.37 Å². The summed E-state index contributed by atoms with van der Waals surface area (Å²) in [5.74, 6) is -0.401. The number of benzene rings is 2. The van der Waals surface area contributed by atoms with E-state index in [2.05, 4.69) is 31.7 Å². The summed E-state index contributed by atoms with van der Waals surface area (Å²) in [5.41, 5.74) is 9.97. The maximum Gasteiger partial charge on any atom is 0.241 e. The molecule has 1 aromatic heterocycles. The second-order valence-electron chi connectivity index (χ2n) is 9.75. The molecule has 184 valence electrons. The summed E-state index contributed by atoms with van der Waals surface area (Å²) in [7, 11) is 0. The molecule has 0 radical (unpaired) electrons. The molecule has 3 N–H and O–H groups in total. The molecule has 1 aliphatic carbocycles. The number of fused-ring (bicyclic) bond motifs is 1. The van der Waals surface area contributed by atoms with E-state index in [1.165, 1.54) is 25.5 Å². The van der Waals surface area contributed by atoms with E-state index in [4.69, 9.17) is 5.73 Å². The monoisotopic (exact) mass is 486 g/mol. The first-order valence-corrected chi connectivity index (χ1v) is 12.3. The van der Waals surface area contributed by atoms with E-state index < -0.39 is 11.8 Å². The molecule has 1 saturated heterocycles. The van der Waals surface area contributed by atoms with Crippen molar-refractivity contribution in [3.05, 3.63) is 72.1 Å². The molecule has 3 aliphatic rings. The van der Waals surface area contributed by atoms with Crippen LogP contribution in [0.5, 0.6) is 0 Å². The highest BCUT2D eigenvalue weighted by Gasteiger charge is 2.26. The van der Waals surface area contributed by atoms with Gasteiger partial charge < -0.3 is 16.0 Å². The summed E-state index contributed by atoms with van der Waals surface area (Å²) in [4.78, 5) is 13.3. The summed E-state index contributed by atoms with van der Waals surface area (Å²) in [6.07, 6.45) is 6.18. The SMILES string of the molecule is C=C1NC=Cc2cc(-c3nc(-c4ccc(N5CCN(CC6CC6)CC5)cc4)c(F)nc3N)cc(F)c21. The second-order valence-corrected chi connectivity index (χ2v) is 9.75. The Morgan fingerprint density at radius 1 is 0.972 bits per heavy atom. The third-order valence-corrected chi connectivity index (χ3v) is 7.19. The molecule has 0 amide bonds. The number of hydrogen-bond donors (Lipinski definition) is 2. The molecule has 3 aromatic rings. The Balaban J connectivity index is 1.26. The van der Waals surface area contributed by atoms with Crippen LogP contribution in [0.1, 0.15) is 24.0 Å². The summed E-state index contributed by atoms with van der Waals surface area (Å²) in [5, 5.41) is 2.90. The smallest absolute Gasteiger partial charge is 0.241 e. The molecule has 0 bridgehead atoms. The molecule has 2 fully saturated rings. The third kappa shape index (κ3) is 4.33.